The standard InChI is InChI=1S/C27H34F3N3O4Si/c1-6-36-26(34)22-17(2)33(16-35-11-12-38(3,4)5)25-23(31-15-32-24(22)25)20-13-19(27(28,29)30)9-10-21(20)37-14-18-7-8-18/h9-10,13,15,18H,6-8,11-12,14,16H2,1-5H3. The molecule has 1 saturated carbocycles. The van der Waals surface area contributed by atoms with Crippen LogP contribution in [0.15, 0.2) is 24.5 Å². The van der Waals surface area contributed by atoms with Crippen LogP contribution in [0.3, 0.4) is 0 Å². The monoisotopic (exact) mass is 549 g/mol. The molecular formula is C27H34F3N3O4Si. The van der Waals surface area contributed by atoms with Gasteiger partial charge in [-0.1, -0.05) is 19.6 Å². The van der Waals surface area contributed by atoms with Gasteiger partial charge in [0.05, 0.1) is 24.3 Å². The first-order chi connectivity index (χ1) is 17.9. The van der Waals surface area contributed by atoms with E-state index in [1.54, 1.807) is 18.4 Å². The molecule has 1 aliphatic rings. The number of carbonyl (C=O) groups is 1. The second-order valence-corrected chi connectivity index (χ2v) is 16.5. The van der Waals surface area contributed by atoms with Crippen molar-refractivity contribution in [2.24, 2.45) is 5.92 Å². The van der Waals surface area contributed by atoms with Gasteiger partial charge in [-0.15, -0.1) is 0 Å². The van der Waals surface area contributed by atoms with Crippen molar-refractivity contribution < 1.29 is 32.2 Å². The Kier molecular flexibility index (Phi) is 8.17. The highest BCUT2D eigenvalue weighted by Crippen LogP contribution is 2.41. The summed E-state index contributed by atoms with van der Waals surface area (Å²) in [5.74, 6) is 0.138. The zero-order chi connectivity index (χ0) is 27.7. The molecule has 0 saturated heterocycles. The highest BCUT2D eigenvalue weighted by atomic mass is 28.3. The lowest BCUT2D eigenvalue weighted by Crippen LogP contribution is -2.22. The SMILES string of the molecule is CCOC(=O)c1c(C)n(COCC[Si](C)(C)C)c2c(-c3cc(C(F)(F)F)ccc3OCC3CC3)ncnc12. The Labute approximate surface area is 221 Å². The van der Waals surface area contributed by atoms with E-state index in [9.17, 15) is 18.0 Å². The highest BCUT2D eigenvalue weighted by Gasteiger charge is 2.33. The van der Waals surface area contributed by atoms with Crippen LogP contribution in [0.1, 0.15) is 41.4 Å². The topological polar surface area (TPSA) is 75.5 Å². The number of carbonyl (C=O) groups excluding carboxylic acids is 1. The van der Waals surface area contributed by atoms with E-state index in [1.165, 1.54) is 12.4 Å². The van der Waals surface area contributed by atoms with Crippen molar-refractivity contribution >= 4 is 25.1 Å². The third-order valence-corrected chi connectivity index (χ3v) is 8.23. The zero-order valence-corrected chi connectivity index (χ0v) is 23.4. The molecule has 0 aliphatic heterocycles. The summed E-state index contributed by atoms with van der Waals surface area (Å²) in [6.07, 6.45) is -1.23. The molecule has 2 heterocycles. The third kappa shape index (κ3) is 6.37. The number of hydrogen-bond donors (Lipinski definition) is 0. The van der Waals surface area contributed by atoms with E-state index in [1.807, 2.05) is 0 Å². The second kappa shape index (κ2) is 11.1. The van der Waals surface area contributed by atoms with Gasteiger partial charge in [-0.25, -0.2) is 14.8 Å². The van der Waals surface area contributed by atoms with Crippen LogP contribution in [-0.2, 0) is 22.4 Å². The predicted octanol–water partition coefficient (Wildman–Crippen LogP) is 6.70. The number of benzene rings is 1. The number of rotatable bonds is 11. The number of alkyl halides is 3. The van der Waals surface area contributed by atoms with E-state index in [2.05, 4.69) is 29.6 Å². The maximum atomic E-state index is 13.7. The molecule has 1 aromatic carbocycles. The van der Waals surface area contributed by atoms with Gasteiger partial charge in [0.2, 0.25) is 0 Å². The first-order valence-corrected chi connectivity index (χ1v) is 16.5. The van der Waals surface area contributed by atoms with Crippen molar-refractivity contribution in [2.45, 2.75) is 65.3 Å². The summed E-state index contributed by atoms with van der Waals surface area (Å²) in [6.45, 7) is 11.4. The van der Waals surface area contributed by atoms with E-state index in [-0.39, 0.29) is 30.2 Å². The van der Waals surface area contributed by atoms with Gasteiger partial charge in [-0.05, 0) is 56.9 Å². The lowest BCUT2D eigenvalue weighted by Gasteiger charge is -2.18. The van der Waals surface area contributed by atoms with Gasteiger partial charge in [-0.2, -0.15) is 13.2 Å². The zero-order valence-electron chi connectivity index (χ0n) is 22.4. The minimum absolute atomic E-state index is 0.0871. The molecule has 7 nitrogen and oxygen atoms in total. The smallest absolute Gasteiger partial charge is 0.416 e. The van der Waals surface area contributed by atoms with E-state index in [0.29, 0.717) is 41.6 Å². The van der Waals surface area contributed by atoms with Gasteiger partial charge in [0.25, 0.3) is 0 Å². The van der Waals surface area contributed by atoms with Crippen LogP contribution in [0.5, 0.6) is 5.75 Å². The van der Waals surface area contributed by atoms with Crippen molar-refractivity contribution in [3.8, 4) is 17.0 Å². The summed E-state index contributed by atoms with van der Waals surface area (Å²) < 4.78 is 60.2. The van der Waals surface area contributed by atoms with Crippen LogP contribution in [0.2, 0.25) is 25.7 Å². The van der Waals surface area contributed by atoms with Crippen LogP contribution < -0.4 is 4.74 Å². The normalized spacial score (nSPS) is 14.2. The third-order valence-electron chi connectivity index (χ3n) is 6.53. The van der Waals surface area contributed by atoms with E-state index in [0.717, 1.165) is 31.0 Å². The molecule has 206 valence electrons. The minimum atomic E-state index is -4.55. The summed E-state index contributed by atoms with van der Waals surface area (Å²) in [5.41, 5.74) is 1.09. The summed E-state index contributed by atoms with van der Waals surface area (Å²) in [4.78, 5) is 21.7. The molecule has 4 rings (SSSR count). The quantitative estimate of drug-likeness (QED) is 0.150. The van der Waals surface area contributed by atoms with Crippen LogP contribution in [0.25, 0.3) is 22.3 Å². The van der Waals surface area contributed by atoms with E-state index in [4.69, 9.17) is 14.2 Å². The van der Waals surface area contributed by atoms with Crippen LogP contribution in [0.4, 0.5) is 13.2 Å². The van der Waals surface area contributed by atoms with Gasteiger partial charge in [0, 0.05) is 25.9 Å². The Morgan fingerprint density at radius 3 is 2.55 bits per heavy atom. The molecule has 2 aromatic heterocycles. The van der Waals surface area contributed by atoms with Gasteiger partial charge < -0.3 is 18.8 Å². The van der Waals surface area contributed by atoms with Crippen molar-refractivity contribution in [3.63, 3.8) is 0 Å². The Hall–Kier alpha value is -2.92. The molecule has 3 aromatic rings. The molecule has 1 aliphatic carbocycles. The Morgan fingerprint density at radius 2 is 1.92 bits per heavy atom. The molecule has 0 atom stereocenters. The summed E-state index contributed by atoms with van der Waals surface area (Å²) >= 11 is 0. The molecule has 0 amide bonds. The molecule has 11 heteroatoms. The number of hydrogen-bond acceptors (Lipinski definition) is 6. The molecule has 0 N–H and O–H groups in total. The lowest BCUT2D eigenvalue weighted by molar-refractivity contribution is -0.137. The first-order valence-electron chi connectivity index (χ1n) is 12.8. The van der Waals surface area contributed by atoms with Crippen LogP contribution in [0, 0.1) is 12.8 Å². The molecule has 0 unspecified atom stereocenters. The van der Waals surface area contributed by atoms with Crippen molar-refractivity contribution in [1.29, 1.82) is 0 Å². The Bertz CT molecular complexity index is 1310. The minimum Gasteiger partial charge on any atom is -0.493 e. The Balaban J connectivity index is 1.87. The van der Waals surface area contributed by atoms with Crippen molar-refractivity contribution in [3.05, 3.63) is 41.3 Å². The fraction of sp³-hybridized carbons (Fsp3) is 0.519. The van der Waals surface area contributed by atoms with E-state index >= 15 is 0 Å². The van der Waals surface area contributed by atoms with Gasteiger partial charge in [0.15, 0.2) is 0 Å². The fourth-order valence-corrected chi connectivity index (χ4v) is 4.90. The van der Waals surface area contributed by atoms with Crippen molar-refractivity contribution in [1.82, 2.24) is 14.5 Å². The molecule has 0 bridgehead atoms. The fourth-order valence-electron chi connectivity index (χ4n) is 4.14. The molecular weight excluding hydrogens is 515 g/mol. The summed E-state index contributed by atoms with van der Waals surface area (Å²) in [7, 11) is -1.35. The number of fused-ring (bicyclic) bond motifs is 1. The molecule has 38 heavy (non-hydrogen) atoms. The number of halogens is 3. The lowest BCUT2D eigenvalue weighted by atomic mass is 10.0. The van der Waals surface area contributed by atoms with Gasteiger partial charge in [-0.3, -0.25) is 0 Å². The first kappa shape index (κ1) is 28.1. The summed E-state index contributed by atoms with van der Waals surface area (Å²) in [5, 5.41) is 0. The Morgan fingerprint density at radius 1 is 1.18 bits per heavy atom. The number of nitrogens with zero attached hydrogens (tertiary/aromatic N) is 3. The predicted molar refractivity (Wildman–Crippen MR) is 141 cm³/mol. The largest absolute Gasteiger partial charge is 0.493 e. The molecule has 1 fully saturated rings. The van der Waals surface area contributed by atoms with Crippen LogP contribution in [-0.4, -0.2) is 48.4 Å². The highest BCUT2D eigenvalue weighted by molar-refractivity contribution is 6.76. The molecule has 0 spiro atoms. The number of esters is 1. The van der Waals surface area contributed by atoms with Crippen LogP contribution >= 0.6 is 0 Å². The van der Waals surface area contributed by atoms with E-state index < -0.39 is 25.8 Å². The van der Waals surface area contributed by atoms with Crippen molar-refractivity contribution in [2.75, 3.05) is 19.8 Å². The summed E-state index contributed by atoms with van der Waals surface area (Å²) in [6, 6.07) is 4.34. The maximum Gasteiger partial charge on any atom is 0.416 e. The average molecular weight is 550 g/mol. The van der Waals surface area contributed by atoms with Gasteiger partial charge in [0.1, 0.15) is 35.6 Å². The maximum absolute atomic E-state index is 13.7. The molecule has 0 radical (unpaired) electrons. The number of ether oxygens (including phenoxy) is 3. The second-order valence-electron chi connectivity index (χ2n) is 10.8. The number of aromatic nitrogens is 3. The average Bonchev–Trinajstić information content (AvgIpc) is 3.62. The van der Waals surface area contributed by atoms with Gasteiger partial charge >= 0.3 is 12.1 Å².